The minimum absolute atomic E-state index is 0.0117. The molecule has 6 nitrogen and oxygen atoms in total. The Bertz CT molecular complexity index is 1220. The molecule has 2 atom stereocenters. The van der Waals surface area contributed by atoms with Gasteiger partial charge in [-0.1, -0.05) is 334 Å². The summed E-state index contributed by atoms with van der Waals surface area (Å²) < 4.78 is 5.48. The van der Waals surface area contributed by atoms with Crippen LogP contribution in [-0.2, 0) is 14.3 Å². The van der Waals surface area contributed by atoms with E-state index in [0.29, 0.717) is 25.9 Å². The molecule has 0 heterocycles. The van der Waals surface area contributed by atoms with Crippen molar-refractivity contribution in [2.45, 2.75) is 411 Å². The largest absolute Gasteiger partial charge is 0.466 e. The summed E-state index contributed by atoms with van der Waals surface area (Å²) >= 11 is 0. The maximum absolute atomic E-state index is 12.5. The van der Waals surface area contributed by atoms with E-state index >= 15 is 0 Å². The van der Waals surface area contributed by atoms with Gasteiger partial charge in [0.25, 0.3) is 0 Å². The fraction of sp³-hybridized carbons (Fsp3) is 0.917. The quantitative estimate of drug-likeness (QED) is 0.0320. The molecule has 1 amide bonds. The number of hydrogen-bond acceptors (Lipinski definition) is 5. The molecular formula is C72H139NO5. The summed E-state index contributed by atoms with van der Waals surface area (Å²) in [6, 6.07) is -0.537. The molecule has 0 aliphatic carbocycles. The molecule has 2 unspecified atom stereocenters. The predicted molar refractivity (Wildman–Crippen MR) is 343 cm³/mol. The molecule has 78 heavy (non-hydrogen) atoms. The van der Waals surface area contributed by atoms with Gasteiger partial charge < -0.3 is 20.3 Å². The van der Waals surface area contributed by atoms with Crippen LogP contribution in [0.15, 0.2) is 24.3 Å². The Morgan fingerprint density at radius 2 is 0.603 bits per heavy atom. The predicted octanol–water partition coefficient (Wildman–Crippen LogP) is 22.9. The number of hydrogen-bond donors (Lipinski definition) is 3. The Labute approximate surface area is 488 Å². The van der Waals surface area contributed by atoms with Gasteiger partial charge in [0.05, 0.1) is 25.4 Å². The molecule has 0 radical (unpaired) electrons. The van der Waals surface area contributed by atoms with Crippen LogP contribution in [0.25, 0.3) is 0 Å². The number of carbonyl (C=O) groups excluding carboxylic acids is 2. The van der Waals surface area contributed by atoms with Gasteiger partial charge in [-0.25, -0.2) is 0 Å². The Balaban J connectivity index is 3.31. The second kappa shape index (κ2) is 67.8. The van der Waals surface area contributed by atoms with Crippen molar-refractivity contribution < 1.29 is 24.5 Å². The molecule has 0 saturated heterocycles. The summed E-state index contributed by atoms with van der Waals surface area (Å²) in [6.45, 7) is 4.95. The zero-order valence-corrected chi connectivity index (χ0v) is 52.9. The molecule has 0 aromatic carbocycles. The number of ether oxygens (including phenoxy) is 1. The van der Waals surface area contributed by atoms with Gasteiger partial charge >= 0.3 is 5.97 Å². The molecule has 0 aromatic rings. The van der Waals surface area contributed by atoms with Gasteiger partial charge in [0.2, 0.25) is 5.91 Å². The molecule has 3 N–H and O–H groups in total. The standard InChI is InChI=1S/C72H139NO5/c1-3-5-7-9-11-13-15-44-48-52-56-60-64-70(75)69(68-74)73-71(76)65-61-57-53-49-45-42-40-38-36-34-32-30-28-26-24-22-20-18-17-19-21-23-25-27-29-31-33-35-37-39-41-43-47-51-55-59-63-67-78-72(77)66-62-58-54-50-46-16-14-12-10-8-6-4-2/h12,14,17,19,69-70,74-75H,3-11,13,15-16,18,20-68H2,1-2H3,(H,73,76)/b14-12-,19-17-. The topological polar surface area (TPSA) is 95.9 Å². The maximum Gasteiger partial charge on any atom is 0.305 e. The summed E-state index contributed by atoms with van der Waals surface area (Å²) in [7, 11) is 0. The van der Waals surface area contributed by atoms with Gasteiger partial charge in [0, 0.05) is 12.8 Å². The van der Waals surface area contributed by atoms with Crippen molar-refractivity contribution in [3.05, 3.63) is 24.3 Å². The van der Waals surface area contributed by atoms with E-state index in [-0.39, 0.29) is 18.5 Å². The molecule has 0 saturated carbocycles. The van der Waals surface area contributed by atoms with Crippen LogP contribution in [0.3, 0.4) is 0 Å². The normalized spacial score (nSPS) is 12.6. The lowest BCUT2D eigenvalue weighted by Crippen LogP contribution is -2.45. The average Bonchev–Trinajstić information content (AvgIpc) is 3.44. The number of amides is 1. The number of unbranched alkanes of at least 4 members (excludes halogenated alkanes) is 52. The van der Waals surface area contributed by atoms with Crippen LogP contribution in [0, 0.1) is 0 Å². The molecule has 0 rings (SSSR count). The van der Waals surface area contributed by atoms with Crippen molar-refractivity contribution in [2.24, 2.45) is 0 Å². The molecule has 6 heteroatoms. The molecule has 0 aliphatic heterocycles. The third-order valence-electron chi connectivity index (χ3n) is 16.7. The highest BCUT2D eigenvalue weighted by Crippen LogP contribution is 2.19. The zero-order chi connectivity index (χ0) is 56.4. The Hall–Kier alpha value is -1.66. The minimum Gasteiger partial charge on any atom is -0.466 e. The first-order valence-electron chi connectivity index (χ1n) is 35.6. The van der Waals surface area contributed by atoms with Crippen molar-refractivity contribution in [1.29, 1.82) is 0 Å². The molecule has 0 aliphatic rings. The third kappa shape index (κ3) is 63.5. The summed E-state index contributed by atoms with van der Waals surface area (Å²) in [4.78, 5) is 24.5. The van der Waals surface area contributed by atoms with E-state index in [2.05, 4.69) is 43.5 Å². The number of nitrogens with one attached hydrogen (secondary N) is 1. The maximum atomic E-state index is 12.5. The van der Waals surface area contributed by atoms with Crippen molar-refractivity contribution in [1.82, 2.24) is 5.32 Å². The molecule has 462 valence electrons. The SMILES string of the molecule is CCCCC/C=C\CCCCCCCC(=O)OCCCCCCCCCCCCCCCCCC/C=C\CCCCCCCCCCCCCCCCCCCC(=O)NC(CO)C(O)CCCCCCCCCCCCCC. The number of carbonyl (C=O) groups is 2. The lowest BCUT2D eigenvalue weighted by Gasteiger charge is -2.22. The van der Waals surface area contributed by atoms with Gasteiger partial charge in [0.15, 0.2) is 0 Å². The fourth-order valence-electron chi connectivity index (χ4n) is 11.3. The van der Waals surface area contributed by atoms with Crippen LogP contribution in [-0.4, -0.2) is 47.4 Å². The lowest BCUT2D eigenvalue weighted by atomic mass is 10.0. The first kappa shape index (κ1) is 76.3. The van der Waals surface area contributed by atoms with Gasteiger partial charge in [-0.05, 0) is 77.0 Å². The van der Waals surface area contributed by atoms with Gasteiger partial charge in [-0.2, -0.15) is 0 Å². The summed E-state index contributed by atoms with van der Waals surface area (Å²) in [5.41, 5.74) is 0. The van der Waals surface area contributed by atoms with Gasteiger partial charge in [0.1, 0.15) is 0 Å². The van der Waals surface area contributed by atoms with Crippen molar-refractivity contribution in [2.75, 3.05) is 13.2 Å². The van der Waals surface area contributed by atoms with E-state index in [0.717, 1.165) is 44.9 Å². The number of allylic oxidation sites excluding steroid dienone is 4. The second-order valence-electron chi connectivity index (χ2n) is 24.6. The number of esters is 1. The second-order valence-corrected chi connectivity index (χ2v) is 24.6. The smallest absolute Gasteiger partial charge is 0.305 e. The van der Waals surface area contributed by atoms with Gasteiger partial charge in [-0.15, -0.1) is 0 Å². The highest BCUT2D eigenvalue weighted by molar-refractivity contribution is 5.76. The van der Waals surface area contributed by atoms with E-state index in [4.69, 9.17) is 4.74 Å². The van der Waals surface area contributed by atoms with Crippen LogP contribution in [0.1, 0.15) is 399 Å². The van der Waals surface area contributed by atoms with Crippen LogP contribution in [0.4, 0.5) is 0 Å². The summed E-state index contributed by atoms with van der Waals surface area (Å²) in [5.74, 6) is -0.0177. The van der Waals surface area contributed by atoms with Crippen LogP contribution in [0.2, 0.25) is 0 Å². The van der Waals surface area contributed by atoms with Crippen molar-refractivity contribution in [3.8, 4) is 0 Å². The van der Waals surface area contributed by atoms with E-state index in [9.17, 15) is 19.8 Å². The first-order valence-corrected chi connectivity index (χ1v) is 35.6. The molecule has 0 fully saturated rings. The van der Waals surface area contributed by atoms with Crippen molar-refractivity contribution in [3.63, 3.8) is 0 Å². The highest BCUT2D eigenvalue weighted by Gasteiger charge is 2.20. The molecular weight excluding hydrogens is 959 g/mol. The first-order chi connectivity index (χ1) is 38.5. The Morgan fingerprint density at radius 3 is 0.936 bits per heavy atom. The zero-order valence-electron chi connectivity index (χ0n) is 52.9. The van der Waals surface area contributed by atoms with E-state index in [1.807, 2.05) is 0 Å². The van der Waals surface area contributed by atoms with E-state index < -0.39 is 12.1 Å². The number of aliphatic hydroxyl groups is 2. The van der Waals surface area contributed by atoms with Gasteiger partial charge in [-0.3, -0.25) is 9.59 Å². The fourth-order valence-corrected chi connectivity index (χ4v) is 11.3. The highest BCUT2D eigenvalue weighted by atomic mass is 16.5. The molecule has 0 spiro atoms. The summed E-state index contributed by atoms with van der Waals surface area (Å²) in [5, 5.41) is 23.3. The minimum atomic E-state index is -0.660. The molecule has 0 bridgehead atoms. The van der Waals surface area contributed by atoms with Crippen LogP contribution >= 0.6 is 0 Å². The third-order valence-corrected chi connectivity index (χ3v) is 16.7. The van der Waals surface area contributed by atoms with E-state index in [1.54, 1.807) is 0 Å². The van der Waals surface area contributed by atoms with Crippen LogP contribution in [0.5, 0.6) is 0 Å². The average molecular weight is 1100 g/mol. The monoisotopic (exact) mass is 1100 g/mol. The summed E-state index contributed by atoms with van der Waals surface area (Å²) in [6.07, 6.45) is 85.4. The number of aliphatic hydroxyl groups excluding tert-OH is 2. The number of rotatable bonds is 67. The lowest BCUT2D eigenvalue weighted by molar-refractivity contribution is -0.143. The Kier molecular flexibility index (Phi) is 66.4. The molecule has 0 aromatic heterocycles. The van der Waals surface area contributed by atoms with Crippen molar-refractivity contribution >= 4 is 11.9 Å². The Morgan fingerprint density at radius 1 is 0.346 bits per heavy atom. The van der Waals surface area contributed by atoms with E-state index in [1.165, 1.54) is 321 Å². The van der Waals surface area contributed by atoms with Crippen LogP contribution < -0.4 is 5.32 Å².